The molecule has 3 N–H and O–H groups in total. The summed E-state index contributed by atoms with van der Waals surface area (Å²) in [5, 5.41) is 9.25. The van der Waals surface area contributed by atoms with Gasteiger partial charge in [0.05, 0.1) is 10.0 Å². The van der Waals surface area contributed by atoms with Gasteiger partial charge in [-0.3, -0.25) is 4.79 Å². The average Bonchev–Trinajstić information content (AvgIpc) is 2.88. The lowest BCUT2D eigenvalue weighted by molar-refractivity contribution is -0.135. The van der Waals surface area contributed by atoms with Gasteiger partial charge in [0.1, 0.15) is 6.04 Å². The van der Waals surface area contributed by atoms with Gasteiger partial charge < -0.3 is 25.8 Å². The minimum absolute atomic E-state index is 0.0408. The van der Waals surface area contributed by atoms with Crippen molar-refractivity contribution in [3.05, 3.63) is 64.1 Å². The number of halogens is 2. The van der Waals surface area contributed by atoms with Crippen LogP contribution in [0.3, 0.4) is 0 Å². The van der Waals surface area contributed by atoms with Crippen LogP contribution in [0.1, 0.15) is 25.8 Å². The van der Waals surface area contributed by atoms with Crippen molar-refractivity contribution in [2.75, 3.05) is 31.5 Å². The quantitative estimate of drug-likeness (QED) is 0.499. The Labute approximate surface area is 215 Å². The molecule has 2 atom stereocenters. The van der Waals surface area contributed by atoms with Crippen molar-refractivity contribution >= 4 is 46.9 Å². The lowest BCUT2D eigenvalue weighted by atomic mass is 9.97. The van der Waals surface area contributed by atoms with Gasteiger partial charge >= 0.3 is 12.1 Å². The first-order valence-corrected chi connectivity index (χ1v) is 12.4. The minimum Gasteiger partial charge on any atom is -0.337 e. The fourth-order valence-corrected chi connectivity index (χ4v) is 4.05. The van der Waals surface area contributed by atoms with E-state index >= 15 is 0 Å². The number of benzene rings is 2. The number of hydrogen-bond donors (Lipinski definition) is 3. The zero-order valence-corrected chi connectivity index (χ0v) is 21.4. The Bertz CT molecular complexity index is 1030. The first-order valence-electron chi connectivity index (χ1n) is 11.7. The molecule has 2 unspecified atom stereocenters. The normalized spacial score (nSPS) is 15.2. The number of piperazine rings is 1. The van der Waals surface area contributed by atoms with E-state index in [1.54, 1.807) is 28.0 Å². The number of urea groups is 2. The van der Waals surface area contributed by atoms with Gasteiger partial charge in [0.25, 0.3) is 0 Å². The fourth-order valence-electron chi connectivity index (χ4n) is 3.76. The number of nitrogens with zero attached hydrogens (tertiary/aromatic N) is 2. The second-order valence-electron chi connectivity index (χ2n) is 8.55. The monoisotopic (exact) mass is 519 g/mol. The highest BCUT2D eigenvalue weighted by atomic mass is 35.5. The summed E-state index contributed by atoms with van der Waals surface area (Å²) in [6.45, 7) is 5.84. The molecule has 8 nitrogen and oxygen atoms in total. The van der Waals surface area contributed by atoms with Crippen LogP contribution >= 0.6 is 23.2 Å². The van der Waals surface area contributed by atoms with Crippen LogP contribution in [0.15, 0.2) is 48.5 Å². The third kappa shape index (κ3) is 7.50. The predicted molar refractivity (Wildman–Crippen MR) is 139 cm³/mol. The van der Waals surface area contributed by atoms with Crippen LogP contribution in [0, 0.1) is 5.92 Å². The number of amides is 5. The Kier molecular flexibility index (Phi) is 9.63. The highest BCUT2D eigenvalue weighted by molar-refractivity contribution is 6.42. The molecule has 1 aliphatic rings. The summed E-state index contributed by atoms with van der Waals surface area (Å²) in [6.07, 6.45) is 0.737. The van der Waals surface area contributed by atoms with E-state index in [9.17, 15) is 14.4 Å². The smallest absolute Gasteiger partial charge is 0.321 e. The Morgan fingerprint density at radius 2 is 1.60 bits per heavy atom. The fraction of sp³-hybridized carbons (Fsp3) is 0.400. The maximum atomic E-state index is 13.3. The molecule has 3 rings (SSSR count). The molecule has 10 heteroatoms. The van der Waals surface area contributed by atoms with E-state index in [0.717, 1.165) is 12.0 Å². The molecule has 1 saturated heterocycles. The summed E-state index contributed by atoms with van der Waals surface area (Å²) in [5.41, 5.74) is 1.52. The Morgan fingerprint density at radius 1 is 0.943 bits per heavy atom. The van der Waals surface area contributed by atoms with Crippen molar-refractivity contribution in [1.29, 1.82) is 0 Å². The van der Waals surface area contributed by atoms with Crippen LogP contribution in [-0.2, 0) is 11.3 Å². The van der Waals surface area contributed by atoms with Crippen molar-refractivity contribution in [1.82, 2.24) is 20.4 Å². The molecular weight excluding hydrogens is 489 g/mol. The highest BCUT2D eigenvalue weighted by Gasteiger charge is 2.32. The number of carbonyl (C=O) groups excluding carboxylic acids is 3. The molecule has 0 spiro atoms. The van der Waals surface area contributed by atoms with Gasteiger partial charge in [0.2, 0.25) is 5.91 Å². The molecule has 1 heterocycles. The zero-order chi connectivity index (χ0) is 25.4. The molecular formula is C25H31Cl2N5O3. The van der Waals surface area contributed by atoms with Gasteiger partial charge in [-0.1, -0.05) is 73.8 Å². The molecule has 2 aromatic carbocycles. The van der Waals surface area contributed by atoms with E-state index < -0.39 is 6.04 Å². The average molecular weight is 520 g/mol. The van der Waals surface area contributed by atoms with Gasteiger partial charge in [-0.05, 0) is 29.7 Å². The summed E-state index contributed by atoms with van der Waals surface area (Å²) in [4.78, 5) is 41.8. The minimum atomic E-state index is -0.646. The molecule has 0 aromatic heterocycles. The van der Waals surface area contributed by atoms with E-state index in [4.69, 9.17) is 23.2 Å². The largest absolute Gasteiger partial charge is 0.337 e. The molecule has 188 valence electrons. The number of hydrogen-bond acceptors (Lipinski definition) is 3. The standard InChI is InChI=1S/C25H31Cl2N5O3/c1-3-17(2)22(30-24(34)28-16-18-7-5-4-6-8-18)23(33)31-11-13-32(14-12-31)25(35)29-19-9-10-20(26)21(27)15-19/h4-10,15,17,22H,3,11-14,16H2,1-2H3,(H,29,35)(H2,28,30,34). The third-order valence-corrected chi connectivity index (χ3v) is 6.85. The summed E-state index contributed by atoms with van der Waals surface area (Å²) in [7, 11) is 0. The van der Waals surface area contributed by atoms with Gasteiger partial charge in [0.15, 0.2) is 0 Å². The molecule has 0 aliphatic carbocycles. The zero-order valence-electron chi connectivity index (χ0n) is 19.9. The van der Waals surface area contributed by atoms with Gasteiger partial charge in [0, 0.05) is 38.4 Å². The Balaban J connectivity index is 1.52. The molecule has 1 fully saturated rings. The van der Waals surface area contributed by atoms with Crippen molar-refractivity contribution in [2.24, 2.45) is 5.92 Å². The van der Waals surface area contributed by atoms with Crippen LogP contribution in [0.2, 0.25) is 10.0 Å². The van der Waals surface area contributed by atoms with Gasteiger partial charge in [-0.15, -0.1) is 0 Å². The molecule has 0 saturated carbocycles. The summed E-state index contributed by atoms with van der Waals surface area (Å²) < 4.78 is 0. The maximum absolute atomic E-state index is 13.3. The Morgan fingerprint density at radius 3 is 2.23 bits per heavy atom. The Hall–Kier alpha value is -2.97. The first-order chi connectivity index (χ1) is 16.8. The molecule has 5 amide bonds. The summed E-state index contributed by atoms with van der Waals surface area (Å²) >= 11 is 11.9. The van der Waals surface area contributed by atoms with E-state index in [1.165, 1.54) is 0 Å². The van der Waals surface area contributed by atoms with E-state index in [-0.39, 0.29) is 23.9 Å². The van der Waals surface area contributed by atoms with Crippen molar-refractivity contribution in [3.63, 3.8) is 0 Å². The maximum Gasteiger partial charge on any atom is 0.321 e. The van der Waals surface area contributed by atoms with E-state index in [2.05, 4.69) is 16.0 Å². The second-order valence-corrected chi connectivity index (χ2v) is 9.36. The number of nitrogens with one attached hydrogen (secondary N) is 3. The lowest BCUT2D eigenvalue weighted by Crippen LogP contribution is -2.58. The molecule has 35 heavy (non-hydrogen) atoms. The van der Waals surface area contributed by atoms with Gasteiger partial charge in [-0.2, -0.15) is 0 Å². The van der Waals surface area contributed by atoms with Crippen LogP contribution < -0.4 is 16.0 Å². The third-order valence-electron chi connectivity index (χ3n) is 6.11. The molecule has 2 aromatic rings. The van der Waals surface area contributed by atoms with Crippen LogP contribution in [0.4, 0.5) is 15.3 Å². The first kappa shape index (κ1) is 26.6. The number of carbonyl (C=O) groups is 3. The van der Waals surface area contributed by atoms with Crippen LogP contribution in [0.25, 0.3) is 0 Å². The van der Waals surface area contributed by atoms with Gasteiger partial charge in [-0.25, -0.2) is 9.59 Å². The lowest BCUT2D eigenvalue weighted by Gasteiger charge is -2.37. The van der Waals surface area contributed by atoms with Crippen molar-refractivity contribution in [3.8, 4) is 0 Å². The topological polar surface area (TPSA) is 93.8 Å². The van der Waals surface area contributed by atoms with Crippen molar-refractivity contribution in [2.45, 2.75) is 32.9 Å². The van der Waals surface area contributed by atoms with Crippen LogP contribution in [0.5, 0.6) is 0 Å². The second kappa shape index (κ2) is 12.7. The van der Waals surface area contributed by atoms with Crippen LogP contribution in [-0.4, -0.2) is 60.0 Å². The molecule has 0 radical (unpaired) electrons. The van der Waals surface area contributed by atoms with E-state index in [0.29, 0.717) is 48.5 Å². The predicted octanol–water partition coefficient (Wildman–Crippen LogP) is 4.58. The highest BCUT2D eigenvalue weighted by Crippen LogP contribution is 2.25. The van der Waals surface area contributed by atoms with E-state index in [1.807, 2.05) is 44.2 Å². The van der Waals surface area contributed by atoms with Crippen molar-refractivity contribution < 1.29 is 14.4 Å². The number of rotatable bonds is 7. The number of anilines is 1. The summed E-state index contributed by atoms with van der Waals surface area (Å²) in [5.74, 6) is -0.181. The summed E-state index contributed by atoms with van der Waals surface area (Å²) in [6, 6.07) is 13.2. The SMILES string of the molecule is CCC(C)C(NC(=O)NCc1ccccc1)C(=O)N1CCN(C(=O)Nc2ccc(Cl)c(Cl)c2)CC1. The molecule has 1 aliphatic heterocycles. The molecule has 0 bridgehead atoms.